The molecule has 0 unspecified atom stereocenters. The molecule has 0 spiro atoms. The lowest BCUT2D eigenvalue weighted by Gasteiger charge is -2.28. The van der Waals surface area contributed by atoms with Crippen LogP contribution in [0, 0.1) is 0 Å². The van der Waals surface area contributed by atoms with Crippen LogP contribution in [0.4, 0.5) is 11.4 Å². The van der Waals surface area contributed by atoms with Gasteiger partial charge in [-0.05, 0) is 12.1 Å². The number of thioether (sulfide) groups is 1. The molecule has 0 fully saturated rings. The average molecular weight is 376 g/mol. The van der Waals surface area contributed by atoms with E-state index in [1.54, 1.807) is 6.07 Å². The van der Waals surface area contributed by atoms with Crippen molar-refractivity contribution in [3.05, 3.63) is 30.2 Å². The zero-order valence-corrected chi connectivity index (χ0v) is 15.8. The Balaban J connectivity index is 1.67. The van der Waals surface area contributed by atoms with Gasteiger partial charge in [0.25, 0.3) is 11.1 Å². The Labute approximate surface area is 155 Å². The lowest BCUT2D eigenvalue weighted by molar-refractivity contribution is -0.894. The number of nitrogens with one attached hydrogen (secondary N) is 2. The number of nitrogens with zero attached hydrogens (tertiary/aromatic N) is 3. The second kappa shape index (κ2) is 7.88. The third-order valence-electron chi connectivity index (χ3n) is 4.22. The maximum Gasteiger partial charge on any atom is 0.277 e. The minimum absolute atomic E-state index is 0.00733. The van der Waals surface area contributed by atoms with Gasteiger partial charge in [-0.25, -0.2) is 0 Å². The monoisotopic (exact) mass is 376 g/mol. The van der Waals surface area contributed by atoms with Gasteiger partial charge >= 0.3 is 0 Å². The fraction of sp³-hybridized carbons (Fsp3) is 0.412. The quantitative estimate of drug-likeness (QED) is 0.723. The second-order valence-electron chi connectivity index (χ2n) is 6.28. The van der Waals surface area contributed by atoms with E-state index in [-0.39, 0.29) is 30.2 Å². The number of para-hydroxylation sites is 2. The first-order valence-electron chi connectivity index (χ1n) is 8.45. The molecule has 2 N–H and O–H groups in total. The lowest BCUT2D eigenvalue weighted by Crippen LogP contribution is -3.06. The van der Waals surface area contributed by atoms with E-state index in [1.807, 2.05) is 32.3 Å². The molecule has 0 bridgehead atoms. The fourth-order valence-corrected chi connectivity index (χ4v) is 3.55. The highest BCUT2D eigenvalue weighted by molar-refractivity contribution is 7.99. The topological polar surface area (TPSA) is 92.8 Å². The van der Waals surface area contributed by atoms with Gasteiger partial charge in [0.1, 0.15) is 6.54 Å². The Kier molecular flexibility index (Phi) is 5.58. The van der Waals surface area contributed by atoms with E-state index >= 15 is 0 Å². The van der Waals surface area contributed by atoms with Crippen molar-refractivity contribution in [3.8, 4) is 0 Å². The summed E-state index contributed by atoms with van der Waals surface area (Å²) in [7, 11) is 4.07. The summed E-state index contributed by atoms with van der Waals surface area (Å²) in [5.74, 6) is 0.309. The first-order valence-corrected chi connectivity index (χ1v) is 9.43. The van der Waals surface area contributed by atoms with E-state index in [1.165, 1.54) is 21.6 Å². The van der Waals surface area contributed by atoms with Crippen molar-refractivity contribution < 1.29 is 18.9 Å². The molecule has 9 heteroatoms. The van der Waals surface area contributed by atoms with Crippen LogP contribution in [0.5, 0.6) is 0 Å². The van der Waals surface area contributed by atoms with E-state index in [0.717, 1.165) is 6.42 Å². The third-order valence-corrected chi connectivity index (χ3v) is 5.02. The van der Waals surface area contributed by atoms with Gasteiger partial charge in [-0.1, -0.05) is 30.8 Å². The number of hydrogen-bond acceptors (Lipinski definition) is 6. The van der Waals surface area contributed by atoms with Crippen LogP contribution in [0.3, 0.4) is 0 Å². The van der Waals surface area contributed by atoms with Crippen LogP contribution in [0.2, 0.25) is 0 Å². The first kappa shape index (κ1) is 18.4. The van der Waals surface area contributed by atoms with E-state index in [9.17, 15) is 9.59 Å². The Bertz CT molecular complexity index is 807. The van der Waals surface area contributed by atoms with Crippen LogP contribution in [0.1, 0.15) is 25.3 Å². The van der Waals surface area contributed by atoms with Crippen LogP contribution >= 0.6 is 11.8 Å². The molecule has 2 amide bonds. The highest BCUT2D eigenvalue weighted by Gasteiger charge is 2.27. The molecule has 0 radical (unpaired) electrons. The minimum atomic E-state index is -0.207. The number of carbonyl (C=O) groups is 2. The zero-order valence-electron chi connectivity index (χ0n) is 15.0. The molecule has 1 aromatic carbocycles. The molecule has 0 saturated heterocycles. The van der Waals surface area contributed by atoms with E-state index < -0.39 is 0 Å². The van der Waals surface area contributed by atoms with Crippen LogP contribution in [0.25, 0.3) is 0 Å². The van der Waals surface area contributed by atoms with Crippen molar-refractivity contribution in [1.29, 1.82) is 0 Å². The van der Waals surface area contributed by atoms with Crippen LogP contribution in [-0.2, 0) is 9.59 Å². The maximum atomic E-state index is 12.6. The normalized spacial score (nSPS) is 14.9. The van der Waals surface area contributed by atoms with Crippen molar-refractivity contribution in [2.24, 2.45) is 0 Å². The highest BCUT2D eigenvalue weighted by Crippen LogP contribution is 2.30. The predicted molar refractivity (Wildman–Crippen MR) is 98.3 cm³/mol. The molecule has 1 aliphatic rings. The van der Waals surface area contributed by atoms with E-state index in [2.05, 4.69) is 22.4 Å². The van der Waals surface area contributed by atoms with Gasteiger partial charge in [-0.15, -0.1) is 10.2 Å². The van der Waals surface area contributed by atoms with Crippen LogP contribution in [-0.4, -0.2) is 48.4 Å². The Morgan fingerprint density at radius 1 is 1.38 bits per heavy atom. The number of anilines is 2. The maximum absolute atomic E-state index is 12.6. The molecular weight excluding hydrogens is 354 g/mol. The summed E-state index contributed by atoms with van der Waals surface area (Å²) in [5, 5.41) is 11.3. The Morgan fingerprint density at radius 3 is 2.88 bits per heavy atom. The molecule has 26 heavy (non-hydrogen) atoms. The summed E-state index contributed by atoms with van der Waals surface area (Å²) in [4.78, 5) is 27.1. The summed E-state index contributed by atoms with van der Waals surface area (Å²) in [6, 6.07) is 7.37. The molecule has 2 heterocycles. The van der Waals surface area contributed by atoms with Gasteiger partial charge < -0.3 is 19.5 Å². The Hall–Kier alpha value is -2.39. The molecular formula is C17H22N5O3S+. The number of amides is 2. The average Bonchev–Trinajstić information content (AvgIpc) is 3.07. The largest absolute Gasteiger partial charge is 0.410 e. The fourth-order valence-electron chi connectivity index (χ4n) is 2.91. The van der Waals surface area contributed by atoms with Gasteiger partial charge in [0.2, 0.25) is 11.8 Å². The van der Waals surface area contributed by atoms with Crippen molar-refractivity contribution in [1.82, 2.24) is 10.2 Å². The molecule has 1 aliphatic heterocycles. The number of benzene rings is 1. The Morgan fingerprint density at radius 2 is 2.15 bits per heavy atom. The molecule has 1 atom stereocenters. The molecule has 2 aromatic rings. The second-order valence-corrected chi connectivity index (χ2v) is 7.20. The summed E-state index contributed by atoms with van der Waals surface area (Å²) in [5.41, 5.74) is 1.34. The van der Waals surface area contributed by atoms with Crippen LogP contribution in [0.15, 0.2) is 33.9 Å². The van der Waals surface area contributed by atoms with Gasteiger partial charge in [0, 0.05) is 6.42 Å². The predicted octanol–water partition coefficient (Wildman–Crippen LogP) is 0.743. The smallest absolute Gasteiger partial charge is 0.277 e. The summed E-state index contributed by atoms with van der Waals surface area (Å²) < 4.78 is 5.70. The van der Waals surface area contributed by atoms with Crippen molar-refractivity contribution >= 4 is 35.0 Å². The zero-order chi connectivity index (χ0) is 18.7. The SMILES string of the molecule is CC[C@@H](c1nnc(SCC(=O)N2CC(=O)Nc3ccccc32)o1)[NH+](C)C. The van der Waals surface area contributed by atoms with Crippen molar-refractivity contribution in [2.45, 2.75) is 24.6 Å². The van der Waals surface area contributed by atoms with Crippen molar-refractivity contribution in [2.75, 3.05) is 36.6 Å². The number of rotatable bonds is 6. The number of quaternary nitrogens is 1. The lowest BCUT2D eigenvalue weighted by atomic mass is 10.2. The molecule has 0 saturated carbocycles. The summed E-state index contributed by atoms with van der Waals surface area (Å²) in [6.07, 6.45) is 0.882. The first-order chi connectivity index (χ1) is 12.5. The standard InChI is InChI=1S/C17H21N5O3S/c1-4-12(21(2)3)16-19-20-17(25-16)26-10-15(24)22-9-14(23)18-11-7-5-6-8-13(11)22/h5-8,12H,4,9-10H2,1-3H3,(H,18,23)/p+1/t12-/m0/s1. The van der Waals surface area contributed by atoms with Crippen LogP contribution < -0.4 is 15.1 Å². The number of hydrogen-bond donors (Lipinski definition) is 2. The molecule has 0 aliphatic carbocycles. The van der Waals surface area contributed by atoms with E-state index in [4.69, 9.17) is 4.42 Å². The molecule has 8 nitrogen and oxygen atoms in total. The van der Waals surface area contributed by atoms with Gasteiger partial charge in [0.05, 0.1) is 31.2 Å². The molecule has 138 valence electrons. The number of fused-ring (bicyclic) bond motifs is 1. The van der Waals surface area contributed by atoms with Gasteiger partial charge in [-0.3, -0.25) is 9.59 Å². The highest BCUT2D eigenvalue weighted by atomic mass is 32.2. The van der Waals surface area contributed by atoms with Gasteiger partial charge in [0.15, 0.2) is 6.04 Å². The number of aromatic nitrogens is 2. The summed E-state index contributed by atoms with van der Waals surface area (Å²) in [6.45, 7) is 2.07. The minimum Gasteiger partial charge on any atom is -0.410 e. The molecule has 1 aromatic heterocycles. The summed E-state index contributed by atoms with van der Waals surface area (Å²) >= 11 is 1.19. The van der Waals surface area contributed by atoms with E-state index in [0.29, 0.717) is 22.5 Å². The molecule has 3 rings (SSSR count). The van der Waals surface area contributed by atoms with Gasteiger partial charge in [-0.2, -0.15) is 0 Å². The number of carbonyl (C=O) groups excluding carboxylic acids is 2. The van der Waals surface area contributed by atoms with Crippen molar-refractivity contribution in [3.63, 3.8) is 0 Å². The third kappa shape index (κ3) is 3.88.